The first-order valence-corrected chi connectivity index (χ1v) is 7.69. The predicted octanol–water partition coefficient (Wildman–Crippen LogP) is 5.00. The van der Waals surface area contributed by atoms with Crippen molar-refractivity contribution in [3.8, 4) is 17.2 Å². The first-order valence-electron chi connectivity index (χ1n) is 7.69. The number of phenols is 2. The van der Waals surface area contributed by atoms with Crippen LogP contribution in [0.25, 0.3) is 12.2 Å². The zero-order valence-corrected chi connectivity index (χ0v) is 13.3. The van der Waals surface area contributed by atoms with Gasteiger partial charge in [0.05, 0.1) is 12.7 Å². The van der Waals surface area contributed by atoms with E-state index in [0.29, 0.717) is 5.75 Å². The average molecular weight is 310 g/mol. The first-order chi connectivity index (χ1) is 11.2. The van der Waals surface area contributed by atoms with Crippen LogP contribution in [-0.2, 0) is 0 Å². The van der Waals surface area contributed by atoms with Crippen molar-refractivity contribution in [2.24, 2.45) is 0 Å². The molecular formula is C20H22O3. The highest BCUT2D eigenvalue weighted by molar-refractivity contribution is 5.63. The monoisotopic (exact) mass is 310 g/mol. The Kier molecular flexibility index (Phi) is 6.30. The second kappa shape index (κ2) is 8.69. The fourth-order valence-corrected chi connectivity index (χ4v) is 2.24. The Labute approximate surface area is 137 Å². The third-order valence-corrected chi connectivity index (χ3v) is 3.49. The molecule has 0 aliphatic heterocycles. The number of aromatic hydroxyl groups is 2. The number of hydrogen-bond donors (Lipinski definition) is 2. The largest absolute Gasteiger partial charge is 0.508 e. The smallest absolute Gasteiger partial charge is 0.129 e. The van der Waals surface area contributed by atoms with Crippen LogP contribution in [0.15, 0.2) is 54.6 Å². The zero-order chi connectivity index (χ0) is 16.5. The van der Waals surface area contributed by atoms with Crippen molar-refractivity contribution in [2.75, 3.05) is 7.11 Å². The van der Waals surface area contributed by atoms with E-state index in [4.69, 9.17) is 4.74 Å². The second-order valence-corrected chi connectivity index (χ2v) is 5.22. The highest BCUT2D eigenvalue weighted by Gasteiger charge is 2.03. The van der Waals surface area contributed by atoms with Gasteiger partial charge in [0.1, 0.15) is 17.2 Å². The molecule has 3 nitrogen and oxygen atoms in total. The highest BCUT2D eigenvalue weighted by Crippen LogP contribution is 2.28. The van der Waals surface area contributed by atoms with Crippen molar-refractivity contribution in [3.63, 3.8) is 0 Å². The van der Waals surface area contributed by atoms with Crippen LogP contribution in [0.4, 0.5) is 0 Å². The Morgan fingerprint density at radius 2 is 1.61 bits per heavy atom. The maximum Gasteiger partial charge on any atom is 0.129 e. The van der Waals surface area contributed by atoms with Gasteiger partial charge in [0.15, 0.2) is 0 Å². The predicted molar refractivity (Wildman–Crippen MR) is 94.7 cm³/mol. The van der Waals surface area contributed by atoms with E-state index in [2.05, 4.69) is 12.2 Å². The summed E-state index contributed by atoms with van der Waals surface area (Å²) in [6, 6.07) is 12.4. The molecular weight excluding hydrogens is 288 g/mol. The highest BCUT2D eigenvalue weighted by atomic mass is 16.5. The van der Waals surface area contributed by atoms with Gasteiger partial charge >= 0.3 is 0 Å². The molecule has 0 radical (unpaired) electrons. The molecule has 2 rings (SSSR count). The van der Waals surface area contributed by atoms with Crippen molar-refractivity contribution in [1.82, 2.24) is 0 Å². The number of ether oxygens (including phenoxy) is 1. The van der Waals surface area contributed by atoms with Crippen LogP contribution in [0.5, 0.6) is 17.2 Å². The number of phenolic OH excluding ortho intramolecular Hbond substituents is 2. The van der Waals surface area contributed by atoms with E-state index in [9.17, 15) is 10.2 Å². The van der Waals surface area contributed by atoms with Gasteiger partial charge in [-0.3, -0.25) is 0 Å². The van der Waals surface area contributed by atoms with Gasteiger partial charge in [0.2, 0.25) is 0 Å². The average Bonchev–Trinajstić information content (AvgIpc) is 2.56. The van der Waals surface area contributed by atoms with Gasteiger partial charge in [-0.1, -0.05) is 42.5 Å². The van der Waals surface area contributed by atoms with Crippen molar-refractivity contribution in [1.29, 1.82) is 0 Å². The van der Waals surface area contributed by atoms with Gasteiger partial charge in [-0.05, 0) is 49.1 Å². The fourth-order valence-electron chi connectivity index (χ4n) is 2.24. The number of unbranched alkanes of at least 4 members (excludes halogenated alkanes) is 2. The molecule has 0 aliphatic carbocycles. The molecule has 2 N–H and O–H groups in total. The summed E-state index contributed by atoms with van der Waals surface area (Å²) in [7, 11) is 1.60. The quantitative estimate of drug-likeness (QED) is 0.707. The molecule has 2 aromatic rings. The molecule has 0 spiro atoms. The lowest BCUT2D eigenvalue weighted by Gasteiger charge is -2.06. The molecule has 23 heavy (non-hydrogen) atoms. The normalized spacial score (nSPS) is 11.3. The lowest BCUT2D eigenvalue weighted by atomic mass is 10.1. The Bertz CT molecular complexity index is 670. The van der Waals surface area contributed by atoms with Gasteiger partial charge in [-0.25, -0.2) is 0 Å². The molecule has 0 unspecified atom stereocenters. The van der Waals surface area contributed by atoms with Gasteiger partial charge in [-0.15, -0.1) is 0 Å². The van der Waals surface area contributed by atoms with Crippen molar-refractivity contribution >= 4 is 12.2 Å². The molecule has 120 valence electrons. The van der Waals surface area contributed by atoms with E-state index in [0.717, 1.165) is 30.4 Å². The number of rotatable bonds is 7. The summed E-state index contributed by atoms with van der Waals surface area (Å²) in [5.41, 5.74) is 1.80. The maximum absolute atomic E-state index is 9.85. The topological polar surface area (TPSA) is 49.7 Å². The summed E-state index contributed by atoms with van der Waals surface area (Å²) in [5.74, 6) is 1.19. The van der Waals surface area contributed by atoms with Crippen LogP contribution in [0.3, 0.4) is 0 Å². The summed E-state index contributed by atoms with van der Waals surface area (Å²) in [6.07, 6.45) is 11.1. The molecule has 0 heterocycles. The van der Waals surface area contributed by atoms with Crippen LogP contribution in [0, 0.1) is 0 Å². The molecule has 0 bridgehead atoms. The zero-order valence-electron chi connectivity index (χ0n) is 13.3. The van der Waals surface area contributed by atoms with Crippen LogP contribution < -0.4 is 4.74 Å². The molecule has 0 aromatic heterocycles. The van der Waals surface area contributed by atoms with Gasteiger partial charge in [0, 0.05) is 0 Å². The van der Waals surface area contributed by atoms with Crippen LogP contribution in [0.1, 0.15) is 30.4 Å². The Balaban J connectivity index is 1.78. The van der Waals surface area contributed by atoms with Crippen LogP contribution in [0.2, 0.25) is 0 Å². The maximum atomic E-state index is 9.85. The van der Waals surface area contributed by atoms with E-state index in [-0.39, 0.29) is 11.5 Å². The van der Waals surface area contributed by atoms with Crippen molar-refractivity contribution in [2.45, 2.75) is 19.3 Å². The van der Waals surface area contributed by atoms with E-state index < -0.39 is 0 Å². The standard InChI is InChI=1S/C20H22O3/c1-23-20-11-7-10-19(22)18(20)9-6-4-2-3-5-8-16-12-14-17(21)15-13-16/h5-15,21-22H,2-4H2,1H3/b8-5+,9-6+. The van der Waals surface area contributed by atoms with Gasteiger partial charge in [-0.2, -0.15) is 0 Å². The number of allylic oxidation sites excluding steroid dienone is 2. The minimum Gasteiger partial charge on any atom is -0.508 e. The van der Waals surface area contributed by atoms with Crippen LogP contribution >= 0.6 is 0 Å². The number of benzene rings is 2. The van der Waals surface area contributed by atoms with E-state index in [1.54, 1.807) is 31.4 Å². The molecule has 0 saturated carbocycles. The summed E-state index contributed by atoms with van der Waals surface area (Å²) in [6.45, 7) is 0. The minimum absolute atomic E-state index is 0.229. The fraction of sp³-hybridized carbons (Fsp3) is 0.200. The summed E-state index contributed by atoms with van der Waals surface area (Å²) in [5, 5.41) is 19.1. The lowest BCUT2D eigenvalue weighted by Crippen LogP contribution is -1.86. The minimum atomic E-state index is 0.229. The molecule has 0 saturated heterocycles. The van der Waals surface area contributed by atoms with Crippen molar-refractivity contribution < 1.29 is 14.9 Å². The summed E-state index contributed by atoms with van der Waals surface area (Å²) in [4.78, 5) is 0. The summed E-state index contributed by atoms with van der Waals surface area (Å²) < 4.78 is 5.24. The number of methoxy groups -OCH3 is 1. The molecule has 3 heteroatoms. The third kappa shape index (κ3) is 5.22. The summed E-state index contributed by atoms with van der Waals surface area (Å²) >= 11 is 0. The van der Waals surface area contributed by atoms with E-state index in [1.165, 1.54) is 0 Å². The molecule has 0 fully saturated rings. The Hall–Kier alpha value is -2.68. The second-order valence-electron chi connectivity index (χ2n) is 5.22. The van der Waals surface area contributed by atoms with E-state index in [1.807, 2.05) is 30.4 Å². The SMILES string of the molecule is COc1cccc(O)c1/C=C/CCC/C=C/c1ccc(O)cc1. The van der Waals surface area contributed by atoms with E-state index >= 15 is 0 Å². The van der Waals surface area contributed by atoms with Crippen molar-refractivity contribution in [3.05, 3.63) is 65.7 Å². The first kappa shape index (κ1) is 16.7. The third-order valence-electron chi connectivity index (χ3n) is 3.49. The van der Waals surface area contributed by atoms with Crippen LogP contribution in [-0.4, -0.2) is 17.3 Å². The Morgan fingerprint density at radius 3 is 2.30 bits per heavy atom. The molecule has 0 amide bonds. The van der Waals surface area contributed by atoms with Gasteiger partial charge < -0.3 is 14.9 Å². The lowest BCUT2D eigenvalue weighted by molar-refractivity contribution is 0.406. The Morgan fingerprint density at radius 1 is 0.913 bits per heavy atom. The molecule has 0 atom stereocenters. The number of hydrogen-bond acceptors (Lipinski definition) is 3. The van der Waals surface area contributed by atoms with Gasteiger partial charge in [0.25, 0.3) is 0 Å². The molecule has 0 aliphatic rings. The molecule has 2 aromatic carbocycles.